The van der Waals surface area contributed by atoms with E-state index in [9.17, 15) is 0 Å². The summed E-state index contributed by atoms with van der Waals surface area (Å²) >= 11 is 4.30. The predicted molar refractivity (Wildman–Crippen MR) is 68.3 cm³/mol. The Bertz CT molecular complexity index is 279. The molecule has 1 heterocycles. The van der Waals surface area contributed by atoms with Gasteiger partial charge >= 0.3 is 0 Å². The Kier molecular flexibility index (Phi) is 4.61. The van der Waals surface area contributed by atoms with Gasteiger partial charge in [-0.3, -0.25) is 9.88 Å². The molecule has 0 unspecified atom stereocenters. The van der Waals surface area contributed by atoms with Gasteiger partial charge in [-0.05, 0) is 32.9 Å². The van der Waals surface area contributed by atoms with Crippen molar-refractivity contribution in [3.8, 4) is 0 Å². The van der Waals surface area contributed by atoms with Gasteiger partial charge in [-0.1, -0.05) is 6.07 Å². The predicted octanol–water partition coefficient (Wildman–Crippen LogP) is 2.61. The van der Waals surface area contributed by atoms with Crippen molar-refractivity contribution in [2.24, 2.45) is 0 Å². The maximum atomic E-state index is 4.35. The van der Waals surface area contributed by atoms with Crippen molar-refractivity contribution in [3.05, 3.63) is 30.1 Å². The monoisotopic (exact) mass is 224 g/mol. The summed E-state index contributed by atoms with van der Waals surface area (Å²) in [4.78, 5) is 6.74. The normalized spacial score (nSPS) is 12.1. The van der Waals surface area contributed by atoms with Crippen LogP contribution in [0.1, 0.15) is 26.5 Å². The highest BCUT2D eigenvalue weighted by Gasteiger charge is 2.20. The van der Waals surface area contributed by atoms with Gasteiger partial charge in [0.15, 0.2) is 0 Å². The van der Waals surface area contributed by atoms with Crippen molar-refractivity contribution in [1.29, 1.82) is 0 Å². The topological polar surface area (TPSA) is 16.1 Å². The van der Waals surface area contributed by atoms with Crippen molar-refractivity contribution in [2.45, 2.75) is 32.9 Å². The zero-order valence-corrected chi connectivity index (χ0v) is 10.7. The molecule has 15 heavy (non-hydrogen) atoms. The van der Waals surface area contributed by atoms with E-state index >= 15 is 0 Å². The molecule has 3 heteroatoms. The van der Waals surface area contributed by atoms with E-state index in [-0.39, 0.29) is 5.54 Å². The summed E-state index contributed by atoms with van der Waals surface area (Å²) in [6.07, 6.45) is 1.84. The molecular formula is C12H20N2S. The Labute approximate surface area is 98.1 Å². The van der Waals surface area contributed by atoms with Crippen LogP contribution in [0, 0.1) is 0 Å². The van der Waals surface area contributed by atoms with E-state index in [2.05, 4.69) is 49.4 Å². The van der Waals surface area contributed by atoms with Crippen LogP contribution in [0.15, 0.2) is 24.4 Å². The molecule has 0 aromatic carbocycles. The molecule has 0 radical (unpaired) electrons. The lowest BCUT2D eigenvalue weighted by atomic mass is 10.1. The maximum Gasteiger partial charge on any atom is 0.0544 e. The van der Waals surface area contributed by atoms with Crippen molar-refractivity contribution in [3.63, 3.8) is 0 Å². The first-order valence-electron chi connectivity index (χ1n) is 5.30. The number of thiol groups is 1. The Balaban J connectivity index is 2.67. The fraction of sp³-hybridized carbons (Fsp3) is 0.583. The van der Waals surface area contributed by atoms with Crippen molar-refractivity contribution in [2.75, 3.05) is 12.3 Å². The molecule has 1 rings (SSSR count). The molecule has 2 nitrogen and oxygen atoms in total. The first kappa shape index (κ1) is 12.5. The SMILES string of the molecule is CC(C)(C)N(CCS)Cc1ccccn1. The van der Waals surface area contributed by atoms with Crippen LogP contribution in [-0.4, -0.2) is 27.7 Å². The highest BCUT2D eigenvalue weighted by molar-refractivity contribution is 7.80. The number of pyridine rings is 1. The summed E-state index contributed by atoms with van der Waals surface area (Å²) in [6.45, 7) is 8.55. The average molecular weight is 224 g/mol. The van der Waals surface area contributed by atoms with E-state index in [4.69, 9.17) is 0 Å². The van der Waals surface area contributed by atoms with Gasteiger partial charge in [-0.15, -0.1) is 0 Å². The van der Waals surface area contributed by atoms with Gasteiger partial charge in [0.25, 0.3) is 0 Å². The summed E-state index contributed by atoms with van der Waals surface area (Å²) in [7, 11) is 0. The average Bonchev–Trinajstić information content (AvgIpc) is 2.17. The van der Waals surface area contributed by atoms with Gasteiger partial charge in [0.05, 0.1) is 5.69 Å². The fourth-order valence-corrected chi connectivity index (χ4v) is 1.70. The molecule has 0 bridgehead atoms. The van der Waals surface area contributed by atoms with Crippen LogP contribution >= 0.6 is 12.6 Å². The first-order chi connectivity index (χ1) is 7.04. The van der Waals surface area contributed by atoms with Gasteiger partial charge in [-0.2, -0.15) is 12.6 Å². The summed E-state index contributed by atoms with van der Waals surface area (Å²) in [5.74, 6) is 0.879. The molecule has 0 amide bonds. The van der Waals surface area contributed by atoms with E-state index < -0.39 is 0 Å². The van der Waals surface area contributed by atoms with Gasteiger partial charge in [0.1, 0.15) is 0 Å². The maximum absolute atomic E-state index is 4.35. The van der Waals surface area contributed by atoms with Gasteiger partial charge < -0.3 is 0 Å². The van der Waals surface area contributed by atoms with Crippen LogP contribution in [0.25, 0.3) is 0 Å². The Hall–Kier alpha value is -0.540. The smallest absolute Gasteiger partial charge is 0.0544 e. The van der Waals surface area contributed by atoms with Crippen molar-refractivity contribution >= 4 is 12.6 Å². The molecule has 0 fully saturated rings. The summed E-state index contributed by atoms with van der Waals surface area (Å²) in [5.41, 5.74) is 1.29. The minimum absolute atomic E-state index is 0.167. The van der Waals surface area contributed by atoms with Crippen LogP contribution in [0.3, 0.4) is 0 Å². The molecule has 0 N–H and O–H groups in total. The molecule has 1 aromatic rings. The van der Waals surface area contributed by atoms with Crippen LogP contribution < -0.4 is 0 Å². The van der Waals surface area contributed by atoms with E-state index in [1.807, 2.05) is 18.3 Å². The third kappa shape index (κ3) is 4.22. The van der Waals surface area contributed by atoms with Gasteiger partial charge in [0.2, 0.25) is 0 Å². The lowest BCUT2D eigenvalue weighted by molar-refractivity contribution is 0.136. The van der Waals surface area contributed by atoms with E-state index in [0.29, 0.717) is 0 Å². The first-order valence-corrected chi connectivity index (χ1v) is 5.93. The summed E-state index contributed by atoms with van der Waals surface area (Å²) in [6, 6.07) is 6.05. The van der Waals surface area contributed by atoms with E-state index in [1.165, 1.54) is 0 Å². The van der Waals surface area contributed by atoms with Gasteiger partial charge in [0, 0.05) is 30.6 Å². The highest BCUT2D eigenvalue weighted by atomic mass is 32.1. The molecule has 0 saturated heterocycles. The zero-order chi connectivity index (χ0) is 11.3. The second-order valence-electron chi connectivity index (χ2n) is 4.64. The molecule has 0 aliphatic rings. The third-order valence-corrected chi connectivity index (χ3v) is 2.60. The summed E-state index contributed by atoms with van der Waals surface area (Å²) in [5, 5.41) is 0. The van der Waals surface area contributed by atoms with Crippen molar-refractivity contribution in [1.82, 2.24) is 9.88 Å². The molecule has 0 saturated carbocycles. The second-order valence-corrected chi connectivity index (χ2v) is 5.08. The van der Waals surface area contributed by atoms with E-state index in [1.54, 1.807) is 0 Å². The quantitative estimate of drug-likeness (QED) is 0.791. The number of hydrogen-bond donors (Lipinski definition) is 1. The fourth-order valence-electron chi connectivity index (χ4n) is 1.46. The lowest BCUT2D eigenvalue weighted by Gasteiger charge is -2.35. The molecule has 1 aromatic heterocycles. The van der Waals surface area contributed by atoms with Crippen LogP contribution in [-0.2, 0) is 6.54 Å². The van der Waals surface area contributed by atoms with Crippen molar-refractivity contribution < 1.29 is 0 Å². The Morgan fingerprint density at radius 3 is 2.53 bits per heavy atom. The van der Waals surface area contributed by atoms with Gasteiger partial charge in [-0.25, -0.2) is 0 Å². The molecule has 0 spiro atoms. The largest absolute Gasteiger partial charge is 0.292 e. The summed E-state index contributed by atoms with van der Waals surface area (Å²) < 4.78 is 0. The number of aromatic nitrogens is 1. The minimum atomic E-state index is 0.167. The second kappa shape index (κ2) is 5.52. The third-order valence-electron chi connectivity index (χ3n) is 2.40. The molecule has 0 aliphatic heterocycles. The molecule has 0 aliphatic carbocycles. The van der Waals surface area contributed by atoms with Crippen LogP contribution in [0.2, 0.25) is 0 Å². The standard InChI is InChI=1S/C12H20N2S/c1-12(2,3)14(8-9-15)10-11-6-4-5-7-13-11/h4-7,15H,8-10H2,1-3H3. The van der Waals surface area contributed by atoms with E-state index in [0.717, 1.165) is 24.5 Å². The van der Waals surface area contributed by atoms with Crippen LogP contribution in [0.4, 0.5) is 0 Å². The van der Waals surface area contributed by atoms with Crippen LogP contribution in [0.5, 0.6) is 0 Å². The Morgan fingerprint density at radius 1 is 1.33 bits per heavy atom. The number of nitrogens with zero attached hydrogens (tertiary/aromatic N) is 2. The lowest BCUT2D eigenvalue weighted by Crippen LogP contribution is -2.42. The molecule has 84 valence electrons. The molecular weight excluding hydrogens is 204 g/mol. The zero-order valence-electron chi connectivity index (χ0n) is 9.77. The minimum Gasteiger partial charge on any atom is -0.292 e. The Morgan fingerprint density at radius 2 is 2.07 bits per heavy atom. The number of rotatable bonds is 4. The highest BCUT2D eigenvalue weighted by Crippen LogP contribution is 2.15. The number of hydrogen-bond acceptors (Lipinski definition) is 3. The molecule has 0 atom stereocenters.